The highest BCUT2D eigenvalue weighted by Crippen LogP contribution is 2.28. The van der Waals surface area contributed by atoms with Gasteiger partial charge in [0, 0.05) is 5.56 Å². The van der Waals surface area contributed by atoms with Gasteiger partial charge in [0.05, 0.1) is 5.69 Å². The second-order valence-electron chi connectivity index (χ2n) is 2.98. The fraction of sp³-hybridized carbons (Fsp3) is 0.100. The van der Waals surface area contributed by atoms with E-state index in [9.17, 15) is 4.79 Å². The van der Waals surface area contributed by atoms with Crippen molar-refractivity contribution in [1.82, 2.24) is 10.1 Å². The van der Waals surface area contributed by atoms with E-state index in [0.29, 0.717) is 17.1 Å². The summed E-state index contributed by atoms with van der Waals surface area (Å²) in [5.41, 5.74) is 2.14. The van der Waals surface area contributed by atoms with Gasteiger partial charge in [0.25, 0.3) is 0 Å². The third-order valence-electron chi connectivity index (χ3n) is 1.92. The smallest absolute Gasteiger partial charge is 0.240 e. The summed E-state index contributed by atoms with van der Waals surface area (Å²) in [6.07, 6.45) is 2.73. The van der Waals surface area contributed by atoms with Crippen molar-refractivity contribution in [2.24, 2.45) is 4.99 Å². The zero-order chi connectivity index (χ0) is 10.7. The van der Waals surface area contributed by atoms with Crippen molar-refractivity contribution in [2.45, 2.75) is 6.92 Å². The Kier molecular flexibility index (Phi) is 2.39. The fourth-order valence-corrected chi connectivity index (χ4v) is 1.26. The maximum atomic E-state index is 10.3. The summed E-state index contributed by atoms with van der Waals surface area (Å²) in [4.78, 5) is 17.7. The highest BCUT2D eigenvalue weighted by atomic mass is 16.5. The lowest BCUT2D eigenvalue weighted by atomic mass is 10.1. The summed E-state index contributed by atoms with van der Waals surface area (Å²) >= 11 is 0. The average Bonchev–Trinajstić information content (AvgIpc) is 2.71. The number of aromatic nitrogens is 2. The van der Waals surface area contributed by atoms with Crippen molar-refractivity contribution in [2.75, 3.05) is 0 Å². The molecule has 0 saturated carbocycles. The third kappa shape index (κ3) is 1.82. The molecule has 0 radical (unpaired) electrons. The van der Waals surface area contributed by atoms with Gasteiger partial charge in [-0.05, 0) is 24.6 Å². The maximum absolute atomic E-state index is 10.3. The molecular formula is C10H7N3O2. The quantitative estimate of drug-likeness (QED) is 0.550. The SMILES string of the molecule is Cc1ccc(-c2ncon2)c(N=C=O)c1. The molecule has 1 aromatic heterocycles. The zero-order valence-corrected chi connectivity index (χ0v) is 7.97. The van der Waals surface area contributed by atoms with Crippen molar-refractivity contribution in [3.05, 3.63) is 30.2 Å². The molecule has 74 valence electrons. The van der Waals surface area contributed by atoms with E-state index in [2.05, 4.69) is 19.7 Å². The molecule has 0 aliphatic rings. The van der Waals surface area contributed by atoms with E-state index in [1.54, 1.807) is 12.1 Å². The topological polar surface area (TPSA) is 68.3 Å². The van der Waals surface area contributed by atoms with Crippen LogP contribution in [0.5, 0.6) is 0 Å². The minimum atomic E-state index is 0.406. The molecule has 5 heteroatoms. The summed E-state index contributed by atoms with van der Waals surface area (Å²) in [6.45, 7) is 1.91. The first-order valence-electron chi connectivity index (χ1n) is 4.26. The summed E-state index contributed by atoms with van der Waals surface area (Å²) < 4.78 is 4.63. The monoisotopic (exact) mass is 201 g/mol. The van der Waals surface area contributed by atoms with Crippen molar-refractivity contribution >= 4 is 11.8 Å². The van der Waals surface area contributed by atoms with Gasteiger partial charge in [0.15, 0.2) is 0 Å². The lowest BCUT2D eigenvalue weighted by Gasteiger charge is -2.00. The Balaban J connectivity index is 2.60. The van der Waals surface area contributed by atoms with Gasteiger partial charge in [0.1, 0.15) is 0 Å². The van der Waals surface area contributed by atoms with Gasteiger partial charge in [0.2, 0.25) is 18.3 Å². The molecule has 1 aromatic carbocycles. The average molecular weight is 201 g/mol. The standard InChI is InChI=1S/C10H7N3O2/c1-7-2-3-8(9(4-7)11-5-14)10-12-6-15-13-10/h2-4,6H,1H3. The number of rotatable bonds is 2. The number of aryl methyl sites for hydroxylation is 1. The highest BCUT2D eigenvalue weighted by molar-refractivity contribution is 5.73. The van der Waals surface area contributed by atoms with Gasteiger partial charge in [-0.15, -0.1) is 0 Å². The number of benzene rings is 1. The zero-order valence-electron chi connectivity index (χ0n) is 7.97. The van der Waals surface area contributed by atoms with E-state index in [1.165, 1.54) is 12.5 Å². The van der Waals surface area contributed by atoms with Crippen LogP contribution in [0.4, 0.5) is 5.69 Å². The minimum Gasteiger partial charge on any atom is -0.342 e. The van der Waals surface area contributed by atoms with Gasteiger partial charge in [-0.3, -0.25) is 0 Å². The van der Waals surface area contributed by atoms with Crippen LogP contribution in [0.25, 0.3) is 11.4 Å². The van der Waals surface area contributed by atoms with E-state index in [1.807, 2.05) is 13.0 Å². The van der Waals surface area contributed by atoms with E-state index in [4.69, 9.17) is 0 Å². The second-order valence-corrected chi connectivity index (χ2v) is 2.98. The largest absolute Gasteiger partial charge is 0.342 e. The van der Waals surface area contributed by atoms with Crippen LogP contribution in [0.1, 0.15) is 5.56 Å². The first-order valence-corrected chi connectivity index (χ1v) is 4.26. The Bertz CT molecular complexity index is 513. The predicted molar refractivity (Wildman–Crippen MR) is 52.3 cm³/mol. The highest BCUT2D eigenvalue weighted by Gasteiger charge is 2.08. The Morgan fingerprint density at radius 2 is 2.33 bits per heavy atom. The van der Waals surface area contributed by atoms with Gasteiger partial charge in [-0.1, -0.05) is 11.2 Å². The Morgan fingerprint density at radius 3 is 3.00 bits per heavy atom. The molecule has 0 aliphatic carbocycles. The molecule has 1 heterocycles. The molecule has 0 unspecified atom stereocenters. The van der Waals surface area contributed by atoms with Gasteiger partial charge >= 0.3 is 0 Å². The number of hydrogen-bond donors (Lipinski definition) is 0. The van der Waals surface area contributed by atoms with Crippen LogP contribution in [0.2, 0.25) is 0 Å². The first-order chi connectivity index (χ1) is 7.31. The Hall–Kier alpha value is -2.26. The summed E-state index contributed by atoms with van der Waals surface area (Å²) in [7, 11) is 0. The van der Waals surface area contributed by atoms with Crippen molar-refractivity contribution in [3.63, 3.8) is 0 Å². The van der Waals surface area contributed by atoms with Crippen LogP contribution < -0.4 is 0 Å². The van der Waals surface area contributed by atoms with Gasteiger partial charge < -0.3 is 4.52 Å². The Morgan fingerprint density at radius 1 is 1.47 bits per heavy atom. The molecule has 0 fully saturated rings. The van der Waals surface area contributed by atoms with Gasteiger partial charge in [-0.25, -0.2) is 4.79 Å². The van der Waals surface area contributed by atoms with Crippen LogP contribution in [-0.2, 0) is 4.79 Å². The summed E-state index contributed by atoms with van der Waals surface area (Å²) in [5.74, 6) is 0.406. The lowest BCUT2D eigenvalue weighted by Crippen LogP contribution is -1.82. The number of aliphatic imine (C=N–C) groups is 1. The van der Waals surface area contributed by atoms with E-state index in [-0.39, 0.29) is 0 Å². The summed E-state index contributed by atoms with van der Waals surface area (Å²) in [6, 6.07) is 5.43. The summed E-state index contributed by atoms with van der Waals surface area (Å²) in [5, 5.41) is 3.68. The van der Waals surface area contributed by atoms with Crippen LogP contribution >= 0.6 is 0 Å². The number of hydrogen-bond acceptors (Lipinski definition) is 5. The van der Waals surface area contributed by atoms with Crippen LogP contribution in [-0.4, -0.2) is 16.2 Å². The first kappa shape index (κ1) is 9.30. The predicted octanol–water partition coefficient (Wildman–Crippen LogP) is 2.01. The number of nitrogens with zero attached hydrogens (tertiary/aromatic N) is 3. The number of carbonyl (C=O) groups excluding carboxylic acids is 1. The Labute approximate surface area is 85.5 Å². The van der Waals surface area contributed by atoms with Crippen LogP contribution in [0, 0.1) is 6.92 Å². The molecule has 15 heavy (non-hydrogen) atoms. The molecule has 0 N–H and O–H groups in total. The molecule has 5 nitrogen and oxygen atoms in total. The van der Waals surface area contributed by atoms with E-state index in [0.717, 1.165) is 5.56 Å². The molecule has 2 aromatic rings. The minimum absolute atomic E-state index is 0.406. The molecule has 0 bridgehead atoms. The van der Waals surface area contributed by atoms with Crippen molar-refractivity contribution in [1.29, 1.82) is 0 Å². The van der Waals surface area contributed by atoms with Crippen molar-refractivity contribution in [3.8, 4) is 11.4 Å². The normalized spacial score (nSPS) is 9.67. The van der Waals surface area contributed by atoms with E-state index >= 15 is 0 Å². The van der Waals surface area contributed by atoms with E-state index < -0.39 is 0 Å². The molecule has 0 spiro atoms. The van der Waals surface area contributed by atoms with Crippen LogP contribution in [0.3, 0.4) is 0 Å². The lowest BCUT2D eigenvalue weighted by molar-refractivity contribution is 0.419. The maximum Gasteiger partial charge on any atom is 0.240 e. The molecule has 0 amide bonds. The third-order valence-corrected chi connectivity index (χ3v) is 1.92. The second kappa shape index (κ2) is 3.86. The molecule has 0 saturated heterocycles. The molecule has 0 aliphatic heterocycles. The number of isocyanates is 1. The van der Waals surface area contributed by atoms with Gasteiger partial charge in [-0.2, -0.15) is 9.98 Å². The molecular weight excluding hydrogens is 194 g/mol. The van der Waals surface area contributed by atoms with Crippen molar-refractivity contribution < 1.29 is 9.32 Å². The van der Waals surface area contributed by atoms with Crippen LogP contribution in [0.15, 0.2) is 34.1 Å². The molecule has 2 rings (SSSR count). The molecule has 0 atom stereocenters. The fourth-order valence-electron chi connectivity index (χ4n) is 1.26.